The van der Waals surface area contributed by atoms with Crippen LogP contribution in [0.5, 0.6) is 0 Å². The molecule has 3 aromatic rings. The van der Waals surface area contributed by atoms with Crippen molar-refractivity contribution in [1.82, 2.24) is 5.32 Å². The van der Waals surface area contributed by atoms with Gasteiger partial charge in [-0.05, 0) is 49.4 Å². The highest BCUT2D eigenvalue weighted by molar-refractivity contribution is 7.92. The number of carbonyl (C=O) groups is 1. The molecule has 0 fully saturated rings. The average Bonchev–Trinajstić information content (AvgIpc) is 3.11. The normalized spacial score (nSPS) is 11.2. The molecule has 1 heterocycles. The third-order valence-electron chi connectivity index (χ3n) is 4.09. The Kier molecular flexibility index (Phi) is 5.62. The van der Waals surface area contributed by atoms with Gasteiger partial charge in [0, 0.05) is 22.4 Å². The van der Waals surface area contributed by atoms with Crippen LogP contribution in [0.15, 0.2) is 71.6 Å². The summed E-state index contributed by atoms with van der Waals surface area (Å²) in [6.45, 7) is 2.42. The van der Waals surface area contributed by atoms with Crippen LogP contribution in [-0.2, 0) is 16.6 Å². The SMILES string of the molecule is Cc1ccc(CNC(=O)c2cccc(S(=O)(=O)N(C)c3ccccc3)c2)s1. The Balaban J connectivity index is 1.79. The first-order valence-electron chi connectivity index (χ1n) is 8.35. The summed E-state index contributed by atoms with van der Waals surface area (Å²) in [5, 5.41) is 2.83. The van der Waals surface area contributed by atoms with Gasteiger partial charge in [0.05, 0.1) is 17.1 Å². The van der Waals surface area contributed by atoms with Gasteiger partial charge >= 0.3 is 0 Å². The van der Waals surface area contributed by atoms with Gasteiger partial charge in [-0.15, -0.1) is 11.3 Å². The van der Waals surface area contributed by atoms with Crippen molar-refractivity contribution < 1.29 is 13.2 Å². The lowest BCUT2D eigenvalue weighted by atomic mass is 10.2. The van der Waals surface area contributed by atoms with Gasteiger partial charge in [-0.25, -0.2) is 8.42 Å². The Hall–Kier alpha value is -2.64. The molecule has 0 aliphatic heterocycles. The number of carbonyl (C=O) groups excluding carboxylic acids is 1. The predicted molar refractivity (Wildman–Crippen MR) is 109 cm³/mol. The maximum absolute atomic E-state index is 12.9. The molecule has 0 saturated carbocycles. The number of anilines is 1. The van der Waals surface area contributed by atoms with Gasteiger partial charge in [-0.2, -0.15) is 0 Å². The molecule has 0 atom stereocenters. The van der Waals surface area contributed by atoms with Crippen molar-refractivity contribution in [2.45, 2.75) is 18.4 Å². The number of amides is 1. The largest absolute Gasteiger partial charge is 0.347 e. The molecule has 1 amide bonds. The number of sulfonamides is 1. The summed E-state index contributed by atoms with van der Waals surface area (Å²) in [6, 6.07) is 18.9. The standard InChI is InChI=1S/C20H20N2O3S2/c1-15-11-12-18(26-15)14-21-20(23)16-7-6-10-19(13-16)27(24,25)22(2)17-8-4-3-5-9-17/h3-13H,14H2,1-2H3,(H,21,23). The van der Waals surface area contributed by atoms with Crippen LogP contribution in [0.1, 0.15) is 20.1 Å². The van der Waals surface area contributed by atoms with Crippen molar-refractivity contribution in [2.75, 3.05) is 11.4 Å². The van der Waals surface area contributed by atoms with Gasteiger partial charge in [-0.3, -0.25) is 9.10 Å². The summed E-state index contributed by atoms with van der Waals surface area (Å²) in [5.74, 6) is -0.305. The minimum absolute atomic E-state index is 0.0773. The van der Waals surface area contributed by atoms with Crippen molar-refractivity contribution in [2.24, 2.45) is 0 Å². The van der Waals surface area contributed by atoms with Crippen LogP contribution in [0.2, 0.25) is 0 Å². The summed E-state index contributed by atoms with van der Waals surface area (Å²) >= 11 is 1.62. The Morgan fingerprint density at radius 1 is 1.04 bits per heavy atom. The molecule has 27 heavy (non-hydrogen) atoms. The van der Waals surface area contributed by atoms with Crippen LogP contribution in [0, 0.1) is 6.92 Å². The topological polar surface area (TPSA) is 66.5 Å². The Labute approximate surface area is 163 Å². The van der Waals surface area contributed by atoms with E-state index in [4.69, 9.17) is 0 Å². The second-order valence-electron chi connectivity index (χ2n) is 6.03. The number of para-hydroxylation sites is 1. The fourth-order valence-corrected chi connectivity index (χ4v) is 4.65. The summed E-state index contributed by atoms with van der Waals surface area (Å²) in [5.41, 5.74) is 0.867. The second kappa shape index (κ2) is 7.94. The molecule has 0 aliphatic carbocycles. The molecule has 0 bridgehead atoms. The summed E-state index contributed by atoms with van der Waals surface area (Å²) in [4.78, 5) is 14.7. The van der Waals surface area contributed by atoms with E-state index < -0.39 is 10.0 Å². The van der Waals surface area contributed by atoms with Gasteiger partial charge in [-0.1, -0.05) is 24.3 Å². The molecule has 2 aromatic carbocycles. The summed E-state index contributed by atoms with van der Waals surface area (Å²) < 4.78 is 27.0. The minimum atomic E-state index is -3.76. The molecule has 3 rings (SSSR count). The third-order valence-corrected chi connectivity index (χ3v) is 6.88. The zero-order chi connectivity index (χ0) is 19.4. The molecular weight excluding hydrogens is 380 g/mol. The van der Waals surface area contributed by atoms with Crippen LogP contribution in [0.4, 0.5) is 5.69 Å². The van der Waals surface area contributed by atoms with Gasteiger partial charge in [0.1, 0.15) is 0 Å². The Bertz CT molecular complexity index is 1040. The number of aryl methyl sites for hydroxylation is 1. The van der Waals surface area contributed by atoms with Crippen LogP contribution in [0.25, 0.3) is 0 Å². The molecule has 0 unspecified atom stereocenters. The maximum atomic E-state index is 12.9. The van der Waals surface area contributed by atoms with Gasteiger partial charge < -0.3 is 5.32 Å². The molecule has 140 valence electrons. The number of hydrogen-bond donors (Lipinski definition) is 1. The highest BCUT2D eigenvalue weighted by atomic mass is 32.2. The maximum Gasteiger partial charge on any atom is 0.264 e. The number of thiophene rings is 1. The highest BCUT2D eigenvalue weighted by Crippen LogP contribution is 2.22. The zero-order valence-electron chi connectivity index (χ0n) is 15.0. The molecule has 7 heteroatoms. The molecule has 0 saturated heterocycles. The Morgan fingerprint density at radius 3 is 2.44 bits per heavy atom. The summed E-state index contributed by atoms with van der Waals surface area (Å²) in [7, 11) is -2.26. The predicted octanol–water partition coefficient (Wildman–Crippen LogP) is 3.81. The number of nitrogens with one attached hydrogen (secondary N) is 1. The van der Waals surface area contributed by atoms with Crippen LogP contribution in [-0.4, -0.2) is 21.4 Å². The van der Waals surface area contributed by atoms with E-state index in [9.17, 15) is 13.2 Å². The molecular formula is C20H20N2O3S2. The van der Waals surface area contributed by atoms with Crippen molar-refractivity contribution in [3.05, 3.63) is 82.0 Å². The lowest BCUT2D eigenvalue weighted by Gasteiger charge is -2.19. The van der Waals surface area contributed by atoms with Crippen molar-refractivity contribution in [3.63, 3.8) is 0 Å². The van der Waals surface area contributed by atoms with Gasteiger partial charge in [0.2, 0.25) is 0 Å². The van der Waals surface area contributed by atoms with Crippen LogP contribution in [0.3, 0.4) is 0 Å². The molecule has 5 nitrogen and oxygen atoms in total. The van der Waals surface area contributed by atoms with Crippen molar-refractivity contribution in [3.8, 4) is 0 Å². The van der Waals surface area contributed by atoms with E-state index in [0.717, 1.165) is 4.88 Å². The van der Waals surface area contributed by atoms with Gasteiger partial charge in [0.15, 0.2) is 0 Å². The molecule has 0 aliphatic rings. The lowest BCUT2D eigenvalue weighted by Crippen LogP contribution is -2.27. The quantitative estimate of drug-likeness (QED) is 0.684. The molecule has 0 spiro atoms. The number of benzene rings is 2. The van der Waals surface area contributed by atoms with Crippen molar-refractivity contribution in [1.29, 1.82) is 0 Å². The van der Waals surface area contributed by atoms with E-state index in [2.05, 4.69) is 5.32 Å². The molecule has 0 radical (unpaired) electrons. The molecule has 1 N–H and O–H groups in total. The first kappa shape index (κ1) is 19.1. The monoisotopic (exact) mass is 400 g/mol. The summed E-state index contributed by atoms with van der Waals surface area (Å²) in [6.07, 6.45) is 0. The van der Waals surface area contributed by atoms with Crippen molar-refractivity contribution >= 4 is 33.0 Å². The third kappa shape index (κ3) is 4.37. The first-order valence-corrected chi connectivity index (χ1v) is 10.6. The Morgan fingerprint density at radius 2 is 1.78 bits per heavy atom. The van der Waals surface area contributed by atoms with E-state index in [1.807, 2.05) is 25.1 Å². The number of rotatable bonds is 6. The molecule has 1 aromatic heterocycles. The van der Waals surface area contributed by atoms with E-state index in [1.165, 1.54) is 28.4 Å². The lowest BCUT2D eigenvalue weighted by molar-refractivity contribution is 0.0951. The minimum Gasteiger partial charge on any atom is -0.347 e. The first-order chi connectivity index (χ1) is 12.9. The number of nitrogens with zero attached hydrogens (tertiary/aromatic N) is 1. The van der Waals surface area contributed by atoms with E-state index >= 15 is 0 Å². The fraction of sp³-hybridized carbons (Fsp3) is 0.150. The van der Waals surface area contributed by atoms with E-state index in [0.29, 0.717) is 17.8 Å². The fourth-order valence-electron chi connectivity index (χ4n) is 2.58. The highest BCUT2D eigenvalue weighted by Gasteiger charge is 2.22. The number of hydrogen-bond acceptors (Lipinski definition) is 4. The zero-order valence-corrected chi connectivity index (χ0v) is 16.7. The average molecular weight is 401 g/mol. The van der Waals surface area contributed by atoms with Crippen LogP contribution < -0.4 is 9.62 Å². The van der Waals surface area contributed by atoms with E-state index in [-0.39, 0.29) is 10.8 Å². The van der Waals surface area contributed by atoms with E-state index in [1.54, 1.807) is 47.7 Å². The van der Waals surface area contributed by atoms with Gasteiger partial charge in [0.25, 0.3) is 15.9 Å². The smallest absolute Gasteiger partial charge is 0.264 e. The second-order valence-corrected chi connectivity index (χ2v) is 9.37. The van der Waals surface area contributed by atoms with Crippen LogP contribution >= 0.6 is 11.3 Å².